The number of nitrogens with one attached hydrogen (secondary N) is 1. The molecule has 2 aromatic rings. The zero-order valence-corrected chi connectivity index (χ0v) is 10.8. The van der Waals surface area contributed by atoms with Gasteiger partial charge in [0, 0.05) is 23.3 Å². The van der Waals surface area contributed by atoms with Gasteiger partial charge in [-0.1, -0.05) is 17.7 Å². The summed E-state index contributed by atoms with van der Waals surface area (Å²) in [5.74, 6) is 0.782. The lowest BCUT2D eigenvalue weighted by Crippen LogP contribution is -2.29. The number of rotatable bonds is 4. The van der Waals surface area contributed by atoms with Crippen molar-refractivity contribution in [1.29, 1.82) is 0 Å². The molecule has 1 aromatic heterocycles. The van der Waals surface area contributed by atoms with E-state index in [9.17, 15) is 4.79 Å². The van der Waals surface area contributed by atoms with Crippen molar-refractivity contribution in [2.75, 3.05) is 6.54 Å². The second kappa shape index (κ2) is 4.65. The maximum absolute atomic E-state index is 11.8. The van der Waals surface area contributed by atoms with Crippen molar-refractivity contribution in [3.05, 3.63) is 35.5 Å². The van der Waals surface area contributed by atoms with E-state index in [1.165, 1.54) is 12.8 Å². The molecule has 0 spiro atoms. The highest BCUT2D eigenvalue weighted by atomic mass is 35.5. The molecule has 1 fully saturated rings. The molecule has 1 amide bonds. The zero-order valence-electron chi connectivity index (χ0n) is 10.0. The molecule has 1 aromatic carbocycles. The maximum atomic E-state index is 11.8. The van der Waals surface area contributed by atoms with Crippen LogP contribution in [0.4, 0.5) is 0 Å². The van der Waals surface area contributed by atoms with Gasteiger partial charge < -0.3 is 9.88 Å². The Morgan fingerprint density at radius 1 is 1.39 bits per heavy atom. The minimum absolute atomic E-state index is 0.0689. The monoisotopic (exact) mass is 262 g/mol. The van der Waals surface area contributed by atoms with Crippen LogP contribution < -0.4 is 5.32 Å². The normalized spacial score (nSPS) is 14.9. The highest BCUT2D eigenvalue weighted by Gasteiger charge is 2.21. The van der Waals surface area contributed by atoms with Crippen LogP contribution in [0.5, 0.6) is 0 Å². The van der Waals surface area contributed by atoms with Crippen LogP contribution in [0.2, 0.25) is 5.02 Å². The molecule has 0 radical (unpaired) electrons. The fourth-order valence-electron chi connectivity index (χ4n) is 2.09. The molecule has 0 saturated heterocycles. The Morgan fingerprint density at radius 2 is 2.22 bits per heavy atom. The van der Waals surface area contributed by atoms with Gasteiger partial charge >= 0.3 is 0 Å². The lowest BCUT2D eigenvalue weighted by atomic mass is 10.2. The summed E-state index contributed by atoms with van der Waals surface area (Å²) in [6, 6.07) is 7.72. The van der Waals surface area contributed by atoms with E-state index in [0.717, 1.165) is 17.4 Å². The number of carbonyl (C=O) groups excluding carboxylic acids is 1. The first kappa shape index (κ1) is 11.6. The smallest absolute Gasteiger partial charge is 0.239 e. The van der Waals surface area contributed by atoms with E-state index < -0.39 is 0 Å². The average molecular weight is 263 g/mol. The summed E-state index contributed by atoms with van der Waals surface area (Å²) in [6.07, 6.45) is 4.43. The van der Waals surface area contributed by atoms with Crippen molar-refractivity contribution in [3.63, 3.8) is 0 Å². The minimum Gasteiger partial charge on any atom is -0.354 e. The third kappa shape index (κ3) is 2.51. The second-order valence-electron chi connectivity index (χ2n) is 4.89. The Kier molecular flexibility index (Phi) is 3.00. The van der Waals surface area contributed by atoms with Crippen molar-refractivity contribution >= 4 is 28.4 Å². The molecule has 3 nitrogen and oxygen atoms in total. The first-order valence-corrected chi connectivity index (χ1v) is 6.61. The highest BCUT2D eigenvalue weighted by Crippen LogP contribution is 2.27. The molecule has 94 valence electrons. The summed E-state index contributed by atoms with van der Waals surface area (Å²) in [5.41, 5.74) is 1.00. The summed E-state index contributed by atoms with van der Waals surface area (Å²) >= 11 is 5.98. The molecule has 0 atom stereocenters. The van der Waals surface area contributed by atoms with Gasteiger partial charge in [-0.25, -0.2) is 0 Å². The van der Waals surface area contributed by atoms with Crippen LogP contribution in [0.15, 0.2) is 30.5 Å². The predicted molar refractivity (Wildman–Crippen MR) is 72.7 cm³/mol. The minimum atomic E-state index is 0.0689. The van der Waals surface area contributed by atoms with Crippen LogP contribution in [0.3, 0.4) is 0 Å². The number of hydrogen-bond donors (Lipinski definition) is 1. The van der Waals surface area contributed by atoms with E-state index in [0.29, 0.717) is 17.5 Å². The fraction of sp³-hybridized carbons (Fsp3) is 0.357. The van der Waals surface area contributed by atoms with Gasteiger partial charge in [0.05, 0.1) is 0 Å². The standard InChI is InChI=1S/C14H15ClN2O/c15-12-4-3-11-5-6-17(13(11)7-12)9-14(18)16-8-10-1-2-10/h3-7,10H,1-2,8-9H2,(H,16,18). The summed E-state index contributed by atoms with van der Waals surface area (Å²) in [4.78, 5) is 11.8. The molecular weight excluding hydrogens is 248 g/mol. The van der Waals surface area contributed by atoms with Gasteiger partial charge in [-0.3, -0.25) is 4.79 Å². The number of nitrogens with zero attached hydrogens (tertiary/aromatic N) is 1. The molecule has 1 saturated carbocycles. The van der Waals surface area contributed by atoms with E-state index in [4.69, 9.17) is 11.6 Å². The first-order valence-electron chi connectivity index (χ1n) is 6.23. The summed E-state index contributed by atoms with van der Waals surface area (Å²) < 4.78 is 1.93. The van der Waals surface area contributed by atoms with Crippen LogP contribution in [0.25, 0.3) is 10.9 Å². The number of halogens is 1. The molecule has 0 bridgehead atoms. The van der Waals surface area contributed by atoms with E-state index in [1.807, 2.05) is 35.0 Å². The van der Waals surface area contributed by atoms with Crippen molar-refractivity contribution < 1.29 is 4.79 Å². The summed E-state index contributed by atoms with van der Waals surface area (Å²) in [7, 11) is 0. The van der Waals surface area contributed by atoms with E-state index in [2.05, 4.69) is 5.32 Å². The van der Waals surface area contributed by atoms with Crippen LogP contribution in [-0.4, -0.2) is 17.0 Å². The molecular formula is C14H15ClN2O. The molecule has 1 aliphatic carbocycles. The van der Waals surface area contributed by atoms with Gasteiger partial charge in [-0.2, -0.15) is 0 Å². The Hall–Kier alpha value is -1.48. The van der Waals surface area contributed by atoms with Crippen molar-refractivity contribution in [3.8, 4) is 0 Å². The molecule has 0 unspecified atom stereocenters. The fourth-order valence-corrected chi connectivity index (χ4v) is 2.25. The number of benzene rings is 1. The van der Waals surface area contributed by atoms with Crippen molar-refractivity contribution in [2.24, 2.45) is 5.92 Å². The van der Waals surface area contributed by atoms with E-state index >= 15 is 0 Å². The van der Waals surface area contributed by atoms with E-state index in [-0.39, 0.29) is 5.91 Å². The predicted octanol–water partition coefficient (Wildman–Crippen LogP) is 2.82. The number of aromatic nitrogens is 1. The summed E-state index contributed by atoms with van der Waals surface area (Å²) in [5, 5.41) is 4.77. The zero-order chi connectivity index (χ0) is 12.5. The molecule has 18 heavy (non-hydrogen) atoms. The van der Waals surface area contributed by atoms with Crippen LogP contribution in [-0.2, 0) is 11.3 Å². The van der Waals surface area contributed by atoms with Gasteiger partial charge in [0.15, 0.2) is 0 Å². The second-order valence-corrected chi connectivity index (χ2v) is 5.33. The number of amides is 1. The molecule has 1 heterocycles. The van der Waals surface area contributed by atoms with Gasteiger partial charge in [0.25, 0.3) is 0 Å². The van der Waals surface area contributed by atoms with Crippen LogP contribution in [0, 0.1) is 5.92 Å². The Balaban J connectivity index is 1.72. The Labute approximate surface area is 111 Å². The SMILES string of the molecule is O=C(Cn1ccc2ccc(Cl)cc21)NCC1CC1. The van der Waals surface area contributed by atoms with Gasteiger partial charge in [-0.15, -0.1) is 0 Å². The molecule has 1 N–H and O–H groups in total. The third-order valence-electron chi connectivity index (χ3n) is 3.33. The van der Waals surface area contributed by atoms with Gasteiger partial charge in [0.1, 0.15) is 6.54 Å². The molecule has 0 aliphatic heterocycles. The third-order valence-corrected chi connectivity index (χ3v) is 3.57. The summed E-state index contributed by atoms with van der Waals surface area (Å²) in [6.45, 7) is 1.18. The lowest BCUT2D eigenvalue weighted by Gasteiger charge is -2.07. The number of hydrogen-bond acceptors (Lipinski definition) is 1. The highest BCUT2D eigenvalue weighted by molar-refractivity contribution is 6.31. The van der Waals surface area contributed by atoms with Gasteiger partial charge in [0.2, 0.25) is 5.91 Å². The average Bonchev–Trinajstić information content (AvgIpc) is 3.11. The maximum Gasteiger partial charge on any atom is 0.239 e. The molecule has 3 rings (SSSR count). The Bertz CT molecular complexity index is 586. The van der Waals surface area contributed by atoms with Crippen LogP contribution >= 0.6 is 11.6 Å². The topological polar surface area (TPSA) is 34.0 Å². The van der Waals surface area contributed by atoms with E-state index in [1.54, 1.807) is 0 Å². The van der Waals surface area contributed by atoms with Gasteiger partial charge in [-0.05, 0) is 42.3 Å². The lowest BCUT2D eigenvalue weighted by molar-refractivity contribution is -0.121. The quantitative estimate of drug-likeness (QED) is 0.903. The number of fused-ring (bicyclic) bond motifs is 1. The van der Waals surface area contributed by atoms with Crippen molar-refractivity contribution in [1.82, 2.24) is 9.88 Å². The first-order chi connectivity index (χ1) is 8.72. The van der Waals surface area contributed by atoms with Crippen molar-refractivity contribution in [2.45, 2.75) is 19.4 Å². The largest absolute Gasteiger partial charge is 0.354 e. The Morgan fingerprint density at radius 3 is 3.00 bits per heavy atom. The molecule has 1 aliphatic rings. The molecule has 4 heteroatoms. The number of carbonyl (C=O) groups is 1. The van der Waals surface area contributed by atoms with Crippen LogP contribution in [0.1, 0.15) is 12.8 Å².